The molecule has 0 aliphatic heterocycles. The minimum absolute atomic E-state index is 0.0148. The summed E-state index contributed by atoms with van der Waals surface area (Å²) in [6, 6.07) is 11.7. The van der Waals surface area contributed by atoms with Gasteiger partial charge in [-0.1, -0.05) is 11.6 Å². The van der Waals surface area contributed by atoms with E-state index in [1.165, 1.54) is 19.2 Å². The first-order valence-electron chi connectivity index (χ1n) is 8.32. The number of aromatic amines is 1. The summed E-state index contributed by atoms with van der Waals surface area (Å²) < 4.78 is 37.8. The van der Waals surface area contributed by atoms with Crippen molar-refractivity contribution in [2.75, 3.05) is 20.8 Å². The first-order chi connectivity index (χ1) is 13.4. The molecule has 2 N–H and O–H groups in total. The molecule has 0 bridgehead atoms. The molecule has 0 spiro atoms. The maximum Gasteiger partial charge on any atom is 0.244 e. The van der Waals surface area contributed by atoms with Gasteiger partial charge in [0.15, 0.2) is 5.82 Å². The summed E-state index contributed by atoms with van der Waals surface area (Å²) in [5.74, 6) is 2.05. The molecule has 3 rings (SSSR count). The van der Waals surface area contributed by atoms with E-state index in [0.717, 1.165) is 11.3 Å². The van der Waals surface area contributed by atoms with Gasteiger partial charge in [-0.2, -0.15) is 5.10 Å². The normalized spacial score (nSPS) is 11.4. The molecular formula is C18H19ClN4O4S. The van der Waals surface area contributed by atoms with Crippen LogP contribution in [0.25, 0.3) is 11.4 Å². The molecule has 10 heteroatoms. The number of nitrogens with zero attached hydrogens (tertiary/aromatic N) is 2. The Hall–Kier alpha value is -2.62. The van der Waals surface area contributed by atoms with Crippen molar-refractivity contribution >= 4 is 21.6 Å². The van der Waals surface area contributed by atoms with Gasteiger partial charge in [-0.05, 0) is 42.5 Å². The van der Waals surface area contributed by atoms with Crippen molar-refractivity contribution in [3.63, 3.8) is 0 Å². The van der Waals surface area contributed by atoms with E-state index in [1.807, 2.05) is 24.3 Å². The van der Waals surface area contributed by atoms with Crippen molar-refractivity contribution in [3.8, 4) is 22.9 Å². The second-order valence-corrected chi connectivity index (χ2v) is 7.95. The highest BCUT2D eigenvalue weighted by atomic mass is 35.5. The van der Waals surface area contributed by atoms with Gasteiger partial charge in [0.05, 0.1) is 14.2 Å². The molecule has 1 heterocycles. The smallest absolute Gasteiger partial charge is 0.244 e. The van der Waals surface area contributed by atoms with Crippen LogP contribution in [0, 0.1) is 0 Å². The van der Waals surface area contributed by atoms with Gasteiger partial charge < -0.3 is 9.47 Å². The molecule has 28 heavy (non-hydrogen) atoms. The van der Waals surface area contributed by atoms with Crippen molar-refractivity contribution < 1.29 is 17.9 Å². The summed E-state index contributed by atoms with van der Waals surface area (Å²) in [7, 11) is -0.787. The Morgan fingerprint density at radius 2 is 1.86 bits per heavy atom. The van der Waals surface area contributed by atoms with Crippen LogP contribution in [-0.2, 0) is 16.4 Å². The van der Waals surface area contributed by atoms with Gasteiger partial charge in [-0.3, -0.25) is 5.10 Å². The number of sulfonamides is 1. The lowest BCUT2D eigenvalue weighted by atomic mass is 10.2. The fourth-order valence-corrected chi connectivity index (χ4v) is 3.98. The number of aromatic nitrogens is 3. The number of rotatable bonds is 8. The Morgan fingerprint density at radius 1 is 1.11 bits per heavy atom. The average molecular weight is 423 g/mol. The van der Waals surface area contributed by atoms with Crippen LogP contribution in [0.3, 0.4) is 0 Å². The van der Waals surface area contributed by atoms with Crippen LogP contribution in [0.15, 0.2) is 47.4 Å². The minimum Gasteiger partial charge on any atom is -0.497 e. The molecule has 1 aromatic heterocycles. The molecule has 3 aromatic rings. The van der Waals surface area contributed by atoms with Crippen LogP contribution in [0.4, 0.5) is 0 Å². The topological polar surface area (TPSA) is 106 Å². The highest BCUT2D eigenvalue weighted by Crippen LogP contribution is 2.26. The molecule has 0 amide bonds. The first kappa shape index (κ1) is 20.1. The quantitative estimate of drug-likeness (QED) is 0.578. The van der Waals surface area contributed by atoms with Crippen molar-refractivity contribution in [2.24, 2.45) is 0 Å². The van der Waals surface area contributed by atoms with Gasteiger partial charge in [0.2, 0.25) is 10.0 Å². The zero-order valence-corrected chi connectivity index (χ0v) is 16.8. The van der Waals surface area contributed by atoms with E-state index in [-0.39, 0.29) is 17.2 Å². The Morgan fingerprint density at radius 3 is 2.54 bits per heavy atom. The van der Waals surface area contributed by atoms with E-state index in [1.54, 1.807) is 13.2 Å². The lowest BCUT2D eigenvalue weighted by molar-refractivity contribution is 0.402. The number of H-pyrrole nitrogens is 1. The van der Waals surface area contributed by atoms with Gasteiger partial charge >= 0.3 is 0 Å². The lowest BCUT2D eigenvalue weighted by Gasteiger charge is -2.10. The number of benzene rings is 2. The zero-order valence-electron chi connectivity index (χ0n) is 15.3. The summed E-state index contributed by atoms with van der Waals surface area (Å²) in [4.78, 5) is 4.37. The zero-order chi connectivity index (χ0) is 20.1. The molecule has 148 valence electrons. The van der Waals surface area contributed by atoms with Gasteiger partial charge in [0.25, 0.3) is 0 Å². The van der Waals surface area contributed by atoms with Crippen LogP contribution < -0.4 is 14.2 Å². The molecule has 2 aromatic carbocycles. The predicted octanol–water partition coefficient (Wildman–Crippen LogP) is 2.66. The first-order valence-corrected chi connectivity index (χ1v) is 10.2. The largest absolute Gasteiger partial charge is 0.497 e. The highest BCUT2D eigenvalue weighted by molar-refractivity contribution is 7.89. The van der Waals surface area contributed by atoms with Gasteiger partial charge in [-0.25, -0.2) is 18.1 Å². The number of hydrogen-bond donors (Lipinski definition) is 2. The third-order valence-corrected chi connectivity index (χ3v) is 5.67. The van der Waals surface area contributed by atoms with Crippen LogP contribution in [0.1, 0.15) is 5.82 Å². The van der Waals surface area contributed by atoms with E-state index in [9.17, 15) is 8.42 Å². The second kappa shape index (κ2) is 8.59. The number of halogens is 1. The molecule has 0 saturated carbocycles. The van der Waals surface area contributed by atoms with Crippen LogP contribution in [0.2, 0.25) is 5.02 Å². The Bertz CT molecular complexity index is 1050. The van der Waals surface area contributed by atoms with E-state index >= 15 is 0 Å². The van der Waals surface area contributed by atoms with Crippen LogP contribution in [-0.4, -0.2) is 44.4 Å². The molecule has 0 unspecified atom stereocenters. The summed E-state index contributed by atoms with van der Waals surface area (Å²) in [5, 5.41) is 7.29. The maximum atomic E-state index is 12.5. The fourth-order valence-electron chi connectivity index (χ4n) is 2.52. The third kappa shape index (κ3) is 4.61. The minimum atomic E-state index is -3.78. The van der Waals surface area contributed by atoms with Gasteiger partial charge in [0, 0.05) is 23.6 Å². The van der Waals surface area contributed by atoms with Crippen LogP contribution >= 0.6 is 11.6 Å². The summed E-state index contributed by atoms with van der Waals surface area (Å²) in [5.41, 5.74) is 0.826. The van der Waals surface area contributed by atoms with Crippen molar-refractivity contribution in [1.82, 2.24) is 19.9 Å². The molecule has 0 atom stereocenters. The second-order valence-electron chi connectivity index (χ2n) is 5.78. The Kier molecular flexibility index (Phi) is 6.18. The van der Waals surface area contributed by atoms with E-state index in [0.29, 0.717) is 23.1 Å². The average Bonchev–Trinajstić information content (AvgIpc) is 3.17. The monoisotopic (exact) mass is 422 g/mol. The maximum absolute atomic E-state index is 12.5. The molecule has 8 nitrogen and oxygen atoms in total. The molecule has 0 radical (unpaired) electrons. The summed E-state index contributed by atoms with van der Waals surface area (Å²) in [6.45, 7) is 0.134. The summed E-state index contributed by atoms with van der Waals surface area (Å²) in [6.07, 6.45) is 0.339. The number of methoxy groups -OCH3 is 2. The molecule has 0 aliphatic rings. The predicted molar refractivity (Wildman–Crippen MR) is 105 cm³/mol. The van der Waals surface area contributed by atoms with Crippen molar-refractivity contribution in [3.05, 3.63) is 53.3 Å². The van der Waals surface area contributed by atoms with E-state index in [4.69, 9.17) is 21.1 Å². The van der Waals surface area contributed by atoms with Gasteiger partial charge in [-0.15, -0.1) is 0 Å². The molecule has 0 saturated heterocycles. The third-order valence-electron chi connectivity index (χ3n) is 3.95. The van der Waals surface area contributed by atoms with Gasteiger partial charge in [0.1, 0.15) is 22.2 Å². The molecule has 0 aliphatic carbocycles. The lowest BCUT2D eigenvalue weighted by Crippen LogP contribution is -2.26. The number of nitrogens with one attached hydrogen (secondary N) is 2. The van der Waals surface area contributed by atoms with E-state index in [2.05, 4.69) is 19.9 Å². The van der Waals surface area contributed by atoms with Crippen LogP contribution in [0.5, 0.6) is 11.5 Å². The highest BCUT2D eigenvalue weighted by Gasteiger charge is 2.20. The fraction of sp³-hybridized carbons (Fsp3) is 0.222. The number of hydrogen-bond acceptors (Lipinski definition) is 6. The standard InChI is InChI=1S/C18H19ClN4O4S/c1-26-14-6-3-12(4-7-14)18-21-17(22-23-18)9-10-20-28(24,25)16-11-13(19)5-8-15(16)27-2/h3-8,11,20H,9-10H2,1-2H3,(H,21,22,23). The Labute approximate surface area is 167 Å². The Balaban J connectivity index is 1.65. The molecular weight excluding hydrogens is 404 g/mol. The van der Waals surface area contributed by atoms with Crippen molar-refractivity contribution in [1.29, 1.82) is 0 Å². The molecule has 0 fully saturated rings. The summed E-state index contributed by atoms with van der Waals surface area (Å²) >= 11 is 5.91. The van der Waals surface area contributed by atoms with E-state index < -0.39 is 10.0 Å². The SMILES string of the molecule is COc1ccc(-c2n[nH]c(CCNS(=O)(=O)c3cc(Cl)ccc3OC)n2)cc1. The van der Waals surface area contributed by atoms with Crippen molar-refractivity contribution in [2.45, 2.75) is 11.3 Å². The number of ether oxygens (including phenoxy) is 2.